The van der Waals surface area contributed by atoms with E-state index in [1.807, 2.05) is 0 Å². The van der Waals surface area contributed by atoms with Crippen LogP contribution in [0.3, 0.4) is 0 Å². The van der Waals surface area contributed by atoms with Crippen LogP contribution in [-0.2, 0) is 10.8 Å². The number of rotatable bonds is 9. The summed E-state index contributed by atoms with van der Waals surface area (Å²) in [6, 6.07) is 105. The molecule has 1 heterocycles. The Balaban J connectivity index is 0.824. The molecule has 1 fully saturated rings. The van der Waals surface area contributed by atoms with Crippen molar-refractivity contribution in [1.29, 1.82) is 0 Å². The standard InChI is InChI=1S/C74H50O/c1-4-18-49(19-5-1)51-34-40-54(41-35-51)73(55-42-36-52(37-43-55)50-20-6-2-7-21-50)48-70(73)64-47-46-61(59-24-10-11-25-60(59)64)65-29-17-31-67-66-30-16-28-58(71(66)75-72(65)67)53-38-44-57(45-39-53)74(56-22-8-3-9-23-56)68-32-14-12-26-62(68)63-27-13-15-33-69(63)74/h1-47,70H,48H2/t70-/m1/s1. The third-order valence-corrected chi connectivity index (χ3v) is 16.9. The molecule has 0 saturated heterocycles. The highest BCUT2D eigenvalue weighted by molar-refractivity contribution is 6.15. The molecule has 1 atom stereocenters. The van der Waals surface area contributed by atoms with Crippen LogP contribution in [0.1, 0.15) is 51.3 Å². The van der Waals surface area contributed by atoms with Crippen LogP contribution < -0.4 is 0 Å². The van der Waals surface area contributed by atoms with E-state index in [2.05, 4.69) is 285 Å². The van der Waals surface area contributed by atoms with Gasteiger partial charge in [-0.3, -0.25) is 0 Å². The van der Waals surface area contributed by atoms with E-state index in [1.165, 1.54) is 88.7 Å². The largest absolute Gasteiger partial charge is 0.455 e. The Labute approximate surface area is 437 Å². The summed E-state index contributed by atoms with van der Waals surface area (Å²) in [6.45, 7) is 0. The van der Waals surface area contributed by atoms with Gasteiger partial charge in [0.15, 0.2) is 0 Å². The minimum atomic E-state index is -0.450. The fourth-order valence-electron chi connectivity index (χ4n) is 13.4. The molecule has 0 N–H and O–H groups in total. The Kier molecular flexibility index (Phi) is 9.90. The van der Waals surface area contributed by atoms with E-state index in [-0.39, 0.29) is 5.41 Å². The summed E-state index contributed by atoms with van der Waals surface area (Å²) >= 11 is 0. The van der Waals surface area contributed by atoms with Crippen LogP contribution in [0, 0.1) is 0 Å². The first-order valence-electron chi connectivity index (χ1n) is 26.3. The van der Waals surface area contributed by atoms with Gasteiger partial charge in [-0.15, -0.1) is 0 Å². The summed E-state index contributed by atoms with van der Waals surface area (Å²) < 4.78 is 7.21. The van der Waals surface area contributed by atoms with Gasteiger partial charge in [0.05, 0.1) is 5.41 Å². The molecule has 1 nitrogen and oxygen atoms in total. The molecular weight excluding hydrogens is 905 g/mol. The lowest BCUT2D eigenvalue weighted by molar-refractivity contribution is 0.671. The highest BCUT2D eigenvalue weighted by Gasteiger charge is 2.57. The predicted molar refractivity (Wildman–Crippen MR) is 311 cm³/mol. The lowest BCUT2D eigenvalue weighted by Crippen LogP contribution is -2.28. The van der Waals surface area contributed by atoms with Crippen LogP contribution >= 0.6 is 0 Å². The second kappa shape index (κ2) is 17.2. The van der Waals surface area contributed by atoms with Crippen LogP contribution in [0.2, 0.25) is 0 Å². The van der Waals surface area contributed by atoms with Crippen molar-refractivity contribution in [1.82, 2.24) is 0 Å². The van der Waals surface area contributed by atoms with Crippen LogP contribution in [0.25, 0.3) is 88.3 Å². The maximum absolute atomic E-state index is 7.21. The van der Waals surface area contributed by atoms with Gasteiger partial charge in [-0.05, 0) is 107 Å². The average Bonchev–Trinajstić information content (AvgIpc) is 4.02. The SMILES string of the molecule is c1ccc(-c2ccc(C3(c4ccc(-c5ccccc5)cc4)C[C@@H]3c3ccc(-c4cccc5c4oc4c(-c6ccc(C7(c8ccccc8)c8ccccc8-c8ccccc87)cc6)cccc45)c4ccccc34)cc2)cc1. The molecule has 75 heavy (non-hydrogen) atoms. The molecule has 0 amide bonds. The smallest absolute Gasteiger partial charge is 0.143 e. The zero-order valence-electron chi connectivity index (χ0n) is 41.3. The van der Waals surface area contributed by atoms with Crippen molar-refractivity contribution in [2.45, 2.75) is 23.2 Å². The van der Waals surface area contributed by atoms with E-state index in [4.69, 9.17) is 4.42 Å². The molecule has 15 rings (SSSR count). The fourth-order valence-corrected chi connectivity index (χ4v) is 13.4. The van der Waals surface area contributed by atoms with Crippen LogP contribution in [-0.4, -0.2) is 0 Å². The Morgan fingerprint density at radius 2 is 0.680 bits per heavy atom. The summed E-state index contributed by atoms with van der Waals surface area (Å²) in [6.07, 6.45) is 1.03. The molecule has 0 aliphatic heterocycles. The van der Waals surface area contributed by atoms with E-state index in [0.29, 0.717) is 5.92 Å². The van der Waals surface area contributed by atoms with Crippen LogP contribution in [0.4, 0.5) is 0 Å². The molecule has 2 aliphatic carbocycles. The molecule has 0 spiro atoms. The van der Waals surface area contributed by atoms with Gasteiger partial charge < -0.3 is 4.42 Å². The molecular formula is C74H50O. The van der Waals surface area contributed by atoms with E-state index in [1.54, 1.807) is 0 Å². The zero-order chi connectivity index (χ0) is 49.5. The van der Waals surface area contributed by atoms with Gasteiger partial charge in [-0.2, -0.15) is 0 Å². The average molecular weight is 955 g/mol. The van der Waals surface area contributed by atoms with Crippen molar-refractivity contribution in [3.63, 3.8) is 0 Å². The van der Waals surface area contributed by atoms with Crippen molar-refractivity contribution < 1.29 is 4.42 Å². The second-order valence-electron chi connectivity index (χ2n) is 20.6. The van der Waals surface area contributed by atoms with Gasteiger partial charge in [-0.25, -0.2) is 0 Å². The molecule has 2 aliphatic rings. The summed E-state index contributed by atoms with van der Waals surface area (Å²) in [4.78, 5) is 0. The van der Waals surface area contributed by atoms with E-state index in [0.717, 1.165) is 45.0 Å². The number of benzene rings is 12. The summed E-state index contributed by atoms with van der Waals surface area (Å²) in [5.41, 5.74) is 22.5. The minimum Gasteiger partial charge on any atom is -0.455 e. The molecule has 1 aromatic heterocycles. The lowest BCUT2D eigenvalue weighted by atomic mass is 9.67. The Morgan fingerprint density at radius 3 is 1.27 bits per heavy atom. The maximum Gasteiger partial charge on any atom is 0.143 e. The first-order valence-corrected chi connectivity index (χ1v) is 26.3. The van der Waals surface area contributed by atoms with E-state index in [9.17, 15) is 0 Å². The van der Waals surface area contributed by atoms with Gasteiger partial charge in [0.1, 0.15) is 11.2 Å². The second-order valence-corrected chi connectivity index (χ2v) is 20.6. The first kappa shape index (κ1) is 43.3. The van der Waals surface area contributed by atoms with Gasteiger partial charge in [0, 0.05) is 27.3 Å². The van der Waals surface area contributed by atoms with Crippen molar-refractivity contribution in [2.75, 3.05) is 0 Å². The monoisotopic (exact) mass is 954 g/mol. The highest BCUT2D eigenvalue weighted by Crippen LogP contribution is 2.66. The lowest BCUT2D eigenvalue weighted by Gasteiger charge is -2.34. The van der Waals surface area contributed by atoms with Gasteiger partial charge in [-0.1, -0.05) is 285 Å². The molecule has 13 aromatic rings. The minimum absolute atomic E-state index is 0.170. The summed E-state index contributed by atoms with van der Waals surface area (Å²) in [5, 5.41) is 4.77. The predicted octanol–water partition coefficient (Wildman–Crippen LogP) is 19.2. The van der Waals surface area contributed by atoms with Gasteiger partial charge >= 0.3 is 0 Å². The number of hydrogen-bond donors (Lipinski definition) is 0. The van der Waals surface area contributed by atoms with Crippen LogP contribution in [0.15, 0.2) is 290 Å². The van der Waals surface area contributed by atoms with Crippen molar-refractivity contribution in [3.8, 4) is 55.6 Å². The number of hydrogen-bond acceptors (Lipinski definition) is 1. The molecule has 352 valence electrons. The third-order valence-electron chi connectivity index (χ3n) is 16.9. The maximum atomic E-state index is 7.21. The zero-order valence-corrected chi connectivity index (χ0v) is 41.3. The molecule has 0 radical (unpaired) electrons. The van der Waals surface area contributed by atoms with Crippen LogP contribution in [0.5, 0.6) is 0 Å². The number of furan rings is 1. The number of fused-ring (bicyclic) bond motifs is 7. The summed E-state index contributed by atoms with van der Waals surface area (Å²) in [7, 11) is 0. The molecule has 1 saturated carbocycles. The van der Waals surface area contributed by atoms with E-state index < -0.39 is 5.41 Å². The third kappa shape index (κ3) is 6.64. The fraction of sp³-hybridized carbons (Fsp3) is 0.0541. The molecule has 12 aromatic carbocycles. The number of para-hydroxylation sites is 2. The molecule has 1 heteroatoms. The van der Waals surface area contributed by atoms with Crippen molar-refractivity contribution >= 4 is 32.7 Å². The highest BCUT2D eigenvalue weighted by atomic mass is 16.3. The van der Waals surface area contributed by atoms with Crippen molar-refractivity contribution in [2.24, 2.45) is 0 Å². The Bertz CT molecular complexity index is 4150. The summed E-state index contributed by atoms with van der Waals surface area (Å²) in [5.74, 6) is 0.290. The van der Waals surface area contributed by atoms with Crippen molar-refractivity contribution in [3.05, 3.63) is 324 Å². The van der Waals surface area contributed by atoms with Gasteiger partial charge in [0.25, 0.3) is 0 Å². The van der Waals surface area contributed by atoms with E-state index >= 15 is 0 Å². The quantitative estimate of drug-likeness (QED) is 0.141. The first-order chi connectivity index (χ1) is 37.2. The van der Waals surface area contributed by atoms with Gasteiger partial charge in [0.2, 0.25) is 0 Å². The Hall–Kier alpha value is -9.30. The normalized spacial score (nSPS) is 15.0. The molecule has 0 bridgehead atoms. The Morgan fingerprint density at radius 1 is 0.267 bits per heavy atom. The molecule has 0 unspecified atom stereocenters. The topological polar surface area (TPSA) is 13.1 Å².